The van der Waals surface area contributed by atoms with Crippen LogP contribution < -0.4 is 10.1 Å². The van der Waals surface area contributed by atoms with E-state index in [4.69, 9.17) is 9.84 Å². The first kappa shape index (κ1) is 18.6. The highest BCUT2D eigenvalue weighted by molar-refractivity contribution is 5.89. The summed E-state index contributed by atoms with van der Waals surface area (Å²) in [6.07, 6.45) is 2.15. The van der Waals surface area contributed by atoms with Gasteiger partial charge in [0.25, 0.3) is 0 Å². The van der Waals surface area contributed by atoms with E-state index in [9.17, 15) is 18.4 Å². The lowest BCUT2D eigenvalue weighted by Crippen LogP contribution is -2.42. The number of hydrogen-bond acceptors (Lipinski definition) is 4. The summed E-state index contributed by atoms with van der Waals surface area (Å²) in [7, 11) is 0. The number of hydrogen-bond donors (Lipinski definition) is 2. The van der Waals surface area contributed by atoms with Gasteiger partial charge in [0.15, 0.2) is 11.6 Å². The number of amides is 2. The third-order valence-electron chi connectivity index (χ3n) is 4.25. The number of rotatable bonds is 4. The van der Waals surface area contributed by atoms with Crippen LogP contribution in [0.2, 0.25) is 0 Å². The van der Waals surface area contributed by atoms with Crippen LogP contribution in [0.3, 0.4) is 0 Å². The van der Waals surface area contributed by atoms with Crippen LogP contribution in [-0.4, -0.2) is 40.1 Å². The number of halogens is 2. The molecule has 1 fully saturated rings. The van der Waals surface area contributed by atoms with Gasteiger partial charge < -0.3 is 20.1 Å². The quantitative estimate of drug-likeness (QED) is 0.851. The lowest BCUT2D eigenvalue weighted by Gasteiger charge is -2.30. The van der Waals surface area contributed by atoms with Crippen LogP contribution in [0.15, 0.2) is 36.5 Å². The number of piperidine rings is 1. The van der Waals surface area contributed by atoms with Gasteiger partial charge in [0.05, 0.1) is 17.8 Å². The van der Waals surface area contributed by atoms with E-state index in [1.807, 2.05) is 0 Å². The first-order valence-electron chi connectivity index (χ1n) is 8.30. The van der Waals surface area contributed by atoms with Gasteiger partial charge in [-0.2, -0.15) is 4.39 Å². The molecule has 0 unspecified atom stereocenters. The SMILES string of the molecule is O=C(O)C1CCN(C(=O)Nc2ccc(Oc3cccc(F)c3F)nc2)CC1. The van der Waals surface area contributed by atoms with Crippen LogP contribution in [0, 0.1) is 17.6 Å². The summed E-state index contributed by atoms with van der Waals surface area (Å²) in [4.78, 5) is 28.6. The molecule has 0 saturated carbocycles. The van der Waals surface area contributed by atoms with Crippen LogP contribution in [0.5, 0.6) is 11.6 Å². The first-order valence-corrected chi connectivity index (χ1v) is 8.30. The molecule has 0 radical (unpaired) electrons. The van der Waals surface area contributed by atoms with Gasteiger partial charge >= 0.3 is 12.0 Å². The molecular formula is C18H17F2N3O4. The normalized spacial score (nSPS) is 14.7. The molecule has 2 heterocycles. The zero-order valence-electron chi connectivity index (χ0n) is 14.2. The molecule has 9 heteroatoms. The molecule has 0 bridgehead atoms. The number of aromatic nitrogens is 1. The van der Waals surface area contributed by atoms with E-state index in [1.165, 1.54) is 35.4 Å². The number of ether oxygens (including phenoxy) is 1. The van der Waals surface area contributed by atoms with Crippen molar-refractivity contribution in [2.75, 3.05) is 18.4 Å². The maximum absolute atomic E-state index is 13.6. The Kier molecular flexibility index (Phi) is 5.49. The molecule has 2 N–H and O–H groups in total. The molecule has 2 amide bonds. The predicted molar refractivity (Wildman–Crippen MR) is 91.6 cm³/mol. The molecule has 27 heavy (non-hydrogen) atoms. The van der Waals surface area contributed by atoms with Gasteiger partial charge in [-0.15, -0.1) is 0 Å². The maximum Gasteiger partial charge on any atom is 0.321 e. The van der Waals surface area contributed by atoms with Crippen molar-refractivity contribution in [1.82, 2.24) is 9.88 Å². The van der Waals surface area contributed by atoms with E-state index in [0.717, 1.165) is 6.07 Å². The van der Waals surface area contributed by atoms with E-state index in [0.29, 0.717) is 31.6 Å². The number of likely N-dealkylation sites (tertiary alicyclic amines) is 1. The standard InChI is InChI=1S/C18H17F2N3O4/c19-13-2-1-3-14(16(13)20)27-15-5-4-12(10-21-15)22-18(26)23-8-6-11(7-9-23)17(24)25/h1-5,10-11H,6-9H2,(H,22,26)(H,24,25). The fourth-order valence-electron chi connectivity index (χ4n) is 2.72. The fraction of sp³-hybridized carbons (Fsp3) is 0.278. The highest BCUT2D eigenvalue weighted by Gasteiger charge is 2.27. The number of carbonyl (C=O) groups is 2. The summed E-state index contributed by atoms with van der Waals surface area (Å²) in [6.45, 7) is 0.715. The zero-order valence-corrected chi connectivity index (χ0v) is 14.2. The molecule has 1 saturated heterocycles. The van der Waals surface area contributed by atoms with Crippen molar-refractivity contribution in [2.45, 2.75) is 12.8 Å². The number of urea groups is 1. The molecule has 2 aromatic rings. The lowest BCUT2D eigenvalue weighted by molar-refractivity contribution is -0.143. The van der Waals surface area contributed by atoms with Crippen LogP contribution >= 0.6 is 0 Å². The van der Waals surface area contributed by atoms with Gasteiger partial charge in [-0.3, -0.25) is 4.79 Å². The number of anilines is 1. The molecule has 1 aliphatic rings. The summed E-state index contributed by atoms with van der Waals surface area (Å²) < 4.78 is 32.0. The maximum atomic E-state index is 13.6. The minimum atomic E-state index is -1.11. The second kappa shape index (κ2) is 7.98. The Morgan fingerprint density at radius 2 is 1.93 bits per heavy atom. The van der Waals surface area contributed by atoms with Crippen molar-refractivity contribution in [2.24, 2.45) is 5.92 Å². The Bertz CT molecular complexity index is 837. The van der Waals surface area contributed by atoms with Crippen LogP contribution in [-0.2, 0) is 4.79 Å². The summed E-state index contributed by atoms with van der Waals surface area (Å²) in [5, 5.41) is 11.6. The number of carbonyl (C=O) groups excluding carboxylic acids is 1. The Morgan fingerprint density at radius 1 is 1.19 bits per heavy atom. The number of nitrogens with zero attached hydrogens (tertiary/aromatic N) is 2. The lowest BCUT2D eigenvalue weighted by atomic mass is 9.97. The Balaban J connectivity index is 1.57. The zero-order chi connectivity index (χ0) is 19.4. The van der Waals surface area contributed by atoms with E-state index < -0.39 is 23.5 Å². The topological polar surface area (TPSA) is 91.8 Å². The summed E-state index contributed by atoms with van der Waals surface area (Å²) in [5.74, 6) is -3.65. The molecule has 0 spiro atoms. The summed E-state index contributed by atoms with van der Waals surface area (Å²) in [5.41, 5.74) is 0.396. The summed E-state index contributed by atoms with van der Waals surface area (Å²) in [6, 6.07) is 6.14. The molecule has 0 aliphatic carbocycles. The summed E-state index contributed by atoms with van der Waals surface area (Å²) >= 11 is 0. The van der Waals surface area contributed by atoms with Crippen molar-refractivity contribution >= 4 is 17.7 Å². The van der Waals surface area contributed by atoms with Crippen molar-refractivity contribution < 1.29 is 28.2 Å². The number of aliphatic carboxylic acids is 1. The van der Waals surface area contributed by atoms with E-state index in [2.05, 4.69) is 10.3 Å². The number of nitrogens with one attached hydrogen (secondary N) is 1. The molecule has 3 rings (SSSR count). The monoisotopic (exact) mass is 377 g/mol. The molecule has 1 aliphatic heterocycles. The second-order valence-corrected chi connectivity index (χ2v) is 6.07. The van der Waals surface area contributed by atoms with Gasteiger partial charge in [-0.1, -0.05) is 6.07 Å². The predicted octanol–water partition coefficient (Wildman–Crippen LogP) is 3.48. The first-order chi connectivity index (χ1) is 12.9. The van der Waals surface area contributed by atoms with Gasteiger partial charge in [0.1, 0.15) is 0 Å². The second-order valence-electron chi connectivity index (χ2n) is 6.07. The molecular weight excluding hydrogens is 360 g/mol. The third-order valence-corrected chi connectivity index (χ3v) is 4.25. The number of pyridine rings is 1. The number of carboxylic acid groups (broad SMARTS) is 1. The van der Waals surface area contributed by atoms with E-state index in [1.54, 1.807) is 0 Å². The van der Waals surface area contributed by atoms with E-state index >= 15 is 0 Å². The average molecular weight is 377 g/mol. The van der Waals surface area contributed by atoms with Crippen molar-refractivity contribution in [3.63, 3.8) is 0 Å². The van der Waals surface area contributed by atoms with Crippen molar-refractivity contribution in [1.29, 1.82) is 0 Å². The van der Waals surface area contributed by atoms with Crippen LogP contribution in [0.4, 0.5) is 19.3 Å². The van der Waals surface area contributed by atoms with Gasteiger partial charge in [-0.25, -0.2) is 14.2 Å². The molecule has 1 aromatic carbocycles. The Labute approximate surface area is 153 Å². The third kappa shape index (κ3) is 4.49. The minimum Gasteiger partial charge on any atom is -0.481 e. The van der Waals surface area contributed by atoms with Gasteiger partial charge in [-0.05, 0) is 31.0 Å². The van der Waals surface area contributed by atoms with Gasteiger partial charge in [0, 0.05) is 19.2 Å². The Hall–Kier alpha value is -3.23. The minimum absolute atomic E-state index is 0.0415. The molecule has 0 atom stereocenters. The van der Waals surface area contributed by atoms with Crippen molar-refractivity contribution in [3.8, 4) is 11.6 Å². The van der Waals surface area contributed by atoms with E-state index in [-0.39, 0.29) is 17.7 Å². The Morgan fingerprint density at radius 3 is 2.56 bits per heavy atom. The highest BCUT2D eigenvalue weighted by atomic mass is 19.2. The smallest absolute Gasteiger partial charge is 0.321 e. The molecule has 7 nitrogen and oxygen atoms in total. The number of carboxylic acids is 1. The van der Waals surface area contributed by atoms with Gasteiger partial charge in [0.2, 0.25) is 11.7 Å². The molecule has 1 aromatic heterocycles. The fourth-order valence-corrected chi connectivity index (χ4v) is 2.72. The van der Waals surface area contributed by atoms with Crippen LogP contribution in [0.25, 0.3) is 0 Å². The number of benzene rings is 1. The largest absolute Gasteiger partial charge is 0.481 e. The average Bonchev–Trinajstić information content (AvgIpc) is 2.67. The van der Waals surface area contributed by atoms with Crippen LogP contribution in [0.1, 0.15) is 12.8 Å². The highest BCUT2D eigenvalue weighted by Crippen LogP contribution is 2.25. The van der Waals surface area contributed by atoms with Crippen molar-refractivity contribution in [3.05, 3.63) is 48.2 Å². The molecule has 142 valence electrons.